The maximum absolute atomic E-state index is 5.88. The molecule has 1 heterocycles. The minimum atomic E-state index is -0.676. The van der Waals surface area contributed by atoms with Gasteiger partial charge >= 0.3 is 0 Å². The summed E-state index contributed by atoms with van der Waals surface area (Å²) in [4.78, 5) is 0.0868. The Labute approximate surface area is 110 Å². The van der Waals surface area contributed by atoms with E-state index < -0.39 is 5.79 Å². The molecule has 0 saturated carbocycles. The fourth-order valence-electron chi connectivity index (χ4n) is 2.00. The number of ether oxygens (including phenoxy) is 3. The molecule has 0 radical (unpaired) electrons. The maximum atomic E-state index is 5.88. The summed E-state index contributed by atoms with van der Waals surface area (Å²) in [6.07, 6.45) is 0.942. The summed E-state index contributed by atoms with van der Waals surface area (Å²) in [5, 5.41) is 0. The zero-order valence-electron chi connectivity index (χ0n) is 10.1. The normalized spacial score (nSPS) is 20.9. The number of methoxy groups -OCH3 is 1. The maximum Gasteiger partial charge on any atom is 0.207 e. The Balaban J connectivity index is 2.31. The van der Waals surface area contributed by atoms with Crippen LogP contribution in [0.2, 0.25) is 0 Å². The Morgan fingerprint density at radius 2 is 1.82 bits per heavy atom. The predicted octanol–water partition coefficient (Wildman–Crippen LogP) is 3.07. The molecule has 0 aromatic heterocycles. The van der Waals surface area contributed by atoms with Crippen LogP contribution in [0.25, 0.3) is 0 Å². The van der Waals surface area contributed by atoms with E-state index >= 15 is 0 Å². The van der Waals surface area contributed by atoms with Gasteiger partial charge in [0.05, 0.1) is 25.2 Å². The van der Waals surface area contributed by atoms with Crippen molar-refractivity contribution in [1.82, 2.24) is 0 Å². The monoisotopic (exact) mass is 300 g/mol. The van der Waals surface area contributed by atoms with Crippen LogP contribution in [-0.4, -0.2) is 25.2 Å². The third-order valence-corrected chi connectivity index (χ3v) is 3.54. The van der Waals surface area contributed by atoms with E-state index in [4.69, 9.17) is 14.2 Å². The van der Waals surface area contributed by atoms with Crippen LogP contribution in [0.1, 0.15) is 18.9 Å². The molecule has 1 aliphatic rings. The molecule has 1 aromatic rings. The summed E-state index contributed by atoms with van der Waals surface area (Å²) in [5.74, 6) is 0.159. The van der Waals surface area contributed by atoms with Gasteiger partial charge in [0.1, 0.15) is 5.75 Å². The van der Waals surface area contributed by atoms with Gasteiger partial charge in [-0.25, -0.2) is 0 Å². The predicted molar refractivity (Wildman–Crippen MR) is 69.6 cm³/mol. The Hall–Kier alpha value is -0.580. The summed E-state index contributed by atoms with van der Waals surface area (Å²) >= 11 is 3.58. The molecule has 1 aromatic carbocycles. The van der Waals surface area contributed by atoms with E-state index in [9.17, 15) is 0 Å². The average Bonchev–Trinajstić information content (AvgIpc) is 2.39. The molecule has 0 N–H and O–H groups in total. The highest BCUT2D eigenvalue weighted by Gasteiger charge is 2.41. The fraction of sp³-hybridized carbons (Fsp3) is 0.538. The van der Waals surface area contributed by atoms with Crippen molar-refractivity contribution in [3.63, 3.8) is 0 Å². The first-order chi connectivity index (χ1) is 8.19. The van der Waals surface area contributed by atoms with Gasteiger partial charge in [-0.3, -0.25) is 0 Å². The Bertz CT molecular complexity index is 355. The Kier molecular flexibility index (Phi) is 4.07. The highest BCUT2D eigenvalue weighted by atomic mass is 79.9. The van der Waals surface area contributed by atoms with E-state index in [2.05, 4.69) is 15.9 Å². The number of alkyl halides is 1. The van der Waals surface area contributed by atoms with Crippen molar-refractivity contribution in [3.8, 4) is 5.75 Å². The first-order valence-corrected chi connectivity index (χ1v) is 6.67. The van der Waals surface area contributed by atoms with Crippen LogP contribution in [0.4, 0.5) is 0 Å². The third kappa shape index (κ3) is 2.49. The van der Waals surface area contributed by atoms with Crippen LogP contribution < -0.4 is 4.74 Å². The van der Waals surface area contributed by atoms with Crippen LogP contribution in [0, 0.1) is 0 Å². The van der Waals surface area contributed by atoms with E-state index in [1.54, 1.807) is 7.11 Å². The van der Waals surface area contributed by atoms with Crippen LogP contribution in [0.5, 0.6) is 5.75 Å². The molecule has 0 bridgehead atoms. The van der Waals surface area contributed by atoms with Crippen molar-refractivity contribution >= 4 is 15.9 Å². The van der Waals surface area contributed by atoms with Gasteiger partial charge in [-0.15, -0.1) is 0 Å². The van der Waals surface area contributed by atoms with Gasteiger partial charge in [-0.05, 0) is 37.6 Å². The third-order valence-electron chi connectivity index (χ3n) is 2.94. The van der Waals surface area contributed by atoms with Crippen LogP contribution in [-0.2, 0) is 15.3 Å². The van der Waals surface area contributed by atoms with E-state index in [-0.39, 0.29) is 4.83 Å². The second kappa shape index (κ2) is 5.38. The number of rotatable bonds is 3. The van der Waals surface area contributed by atoms with Crippen molar-refractivity contribution in [2.24, 2.45) is 0 Å². The largest absolute Gasteiger partial charge is 0.497 e. The molecule has 94 valence electrons. The molecule has 1 unspecified atom stereocenters. The zero-order valence-corrected chi connectivity index (χ0v) is 11.7. The van der Waals surface area contributed by atoms with E-state index in [0.29, 0.717) is 0 Å². The van der Waals surface area contributed by atoms with Gasteiger partial charge in [0, 0.05) is 5.56 Å². The molecule has 4 heteroatoms. The second-order valence-corrected chi connectivity index (χ2v) is 5.44. The lowest BCUT2D eigenvalue weighted by atomic mass is 10.0. The summed E-state index contributed by atoms with van der Waals surface area (Å²) < 4.78 is 16.9. The molecule has 1 atom stereocenters. The molecule has 17 heavy (non-hydrogen) atoms. The highest BCUT2D eigenvalue weighted by Crippen LogP contribution is 2.38. The van der Waals surface area contributed by atoms with E-state index in [1.807, 2.05) is 31.2 Å². The van der Waals surface area contributed by atoms with Gasteiger partial charge in [0.2, 0.25) is 5.79 Å². The lowest BCUT2D eigenvalue weighted by Gasteiger charge is -2.39. The molecule has 1 aliphatic heterocycles. The smallest absolute Gasteiger partial charge is 0.207 e. The van der Waals surface area contributed by atoms with Crippen molar-refractivity contribution in [2.75, 3.05) is 20.3 Å². The summed E-state index contributed by atoms with van der Waals surface area (Å²) in [6, 6.07) is 7.82. The molecular formula is C13H17BrO3. The van der Waals surface area contributed by atoms with E-state index in [1.165, 1.54) is 0 Å². The Morgan fingerprint density at radius 3 is 2.29 bits per heavy atom. The second-order valence-electron chi connectivity index (χ2n) is 4.06. The van der Waals surface area contributed by atoms with Crippen LogP contribution >= 0.6 is 15.9 Å². The van der Waals surface area contributed by atoms with Gasteiger partial charge in [-0.2, -0.15) is 0 Å². The van der Waals surface area contributed by atoms with Gasteiger partial charge in [0.15, 0.2) is 0 Å². The first-order valence-electron chi connectivity index (χ1n) is 5.75. The number of hydrogen-bond donors (Lipinski definition) is 0. The molecule has 0 amide bonds. The molecule has 1 fully saturated rings. The van der Waals surface area contributed by atoms with Crippen molar-refractivity contribution in [1.29, 1.82) is 0 Å². The van der Waals surface area contributed by atoms with Crippen molar-refractivity contribution in [3.05, 3.63) is 29.8 Å². The standard InChI is InChI=1S/C13H17BrO3/c1-10(14)13(16-8-3-9-17-13)11-4-6-12(15-2)7-5-11/h4-7,10H,3,8-9H2,1-2H3. The van der Waals surface area contributed by atoms with Crippen molar-refractivity contribution in [2.45, 2.75) is 24.0 Å². The number of hydrogen-bond acceptors (Lipinski definition) is 3. The average molecular weight is 301 g/mol. The quantitative estimate of drug-likeness (QED) is 0.803. The lowest BCUT2D eigenvalue weighted by molar-refractivity contribution is -0.273. The molecule has 3 nitrogen and oxygen atoms in total. The lowest BCUT2D eigenvalue weighted by Crippen LogP contribution is -2.44. The number of halogens is 1. The Morgan fingerprint density at radius 1 is 1.24 bits per heavy atom. The summed E-state index contributed by atoms with van der Waals surface area (Å²) in [5.41, 5.74) is 1.02. The first kappa shape index (κ1) is 12.9. The molecule has 1 saturated heterocycles. The van der Waals surface area contributed by atoms with Crippen molar-refractivity contribution < 1.29 is 14.2 Å². The fourth-order valence-corrected chi connectivity index (χ4v) is 2.53. The van der Waals surface area contributed by atoms with Crippen LogP contribution in [0.3, 0.4) is 0 Å². The summed E-state index contributed by atoms with van der Waals surface area (Å²) in [6.45, 7) is 3.49. The van der Waals surface area contributed by atoms with Gasteiger partial charge in [0.25, 0.3) is 0 Å². The zero-order chi connectivity index (χ0) is 12.3. The molecular weight excluding hydrogens is 284 g/mol. The molecule has 0 aliphatic carbocycles. The van der Waals surface area contributed by atoms with Gasteiger partial charge in [-0.1, -0.05) is 15.9 Å². The topological polar surface area (TPSA) is 27.7 Å². The summed E-state index contributed by atoms with van der Waals surface area (Å²) in [7, 11) is 1.66. The van der Waals surface area contributed by atoms with Crippen LogP contribution in [0.15, 0.2) is 24.3 Å². The molecule has 2 rings (SSSR count). The van der Waals surface area contributed by atoms with Gasteiger partial charge < -0.3 is 14.2 Å². The highest BCUT2D eigenvalue weighted by molar-refractivity contribution is 9.09. The minimum Gasteiger partial charge on any atom is -0.497 e. The minimum absolute atomic E-state index is 0.0868. The molecule has 0 spiro atoms. The SMILES string of the molecule is COc1ccc(C2(C(C)Br)OCCCO2)cc1. The van der Waals surface area contributed by atoms with E-state index in [0.717, 1.165) is 30.9 Å². The number of benzene rings is 1.